The number of benzene rings is 1. The first-order valence-corrected chi connectivity index (χ1v) is 6.00. The predicted molar refractivity (Wildman–Crippen MR) is 68.7 cm³/mol. The maximum absolute atomic E-state index is 13.6. The van der Waals surface area contributed by atoms with Crippen LogP contribution in [0.5, 0.6) is 0 Å². The molecule has 0 aliphatic heterocycles. The van der Waals surface area contributed by atoms with Gasteiger partial charge in [0, 0.05) is 23.7 Å². The lowest BCUT2D eigenvalue weighted by atomic mass is 9.95. The van der Waals surface area contributed by atoms with Crippen LogP contribution in [0, 0.1) is 5.82 Å². The van der Waals surface area contributed by atoms with E-state index in [9.17, 15) is 4.39 Å². The summed E-state index contributed by atoms with van der Waals surface area (Å²) in [6.07, 6.45) is 1.37. The molecule has 2 N–H and O–H groups in total. The largest absolute Gasteiger partial charge is 0.379 e. The summed E-state index contributed by atoms with van der Waals surface area (Å²) in [5.41, 5.74) is 6.11. The lowest BCUT2D eigenvalue weighted by Crippen LogP contribution is -2.25. The number of nitrogens with two attached hydrogens (primary N) is 1. The fourth-order valence-electron chi connectivity index (χ4n) is 1.61. The van der Waals surface area contributed by atoms with Gasteiger partial charge in [-0.1, -0.05) is 17.7 Å². The zero-order chi connectivity index (χ0) is 13.1. The summed E-state index contributed by atoms with van der Waals surface area (Å²) in [6, 6.07) is 4.20. The Hall–Kier alpha value is -0.640. The van der Waals surface area contributed by atoms with Crippen LogP contribution >= 0.6 is 11.6 Å². The SMILES string of the molecule is COC(C)(C)CCC(N)c1c(F)cccc1Cl. The molecule has 0 aromatic heterocycles. The molecule has 1 aromatic carbocycles. The third-order valence-electron chi connectivity index (χ3n) is 2.98. The van der Waals surface area contributed by atoms with Crippen LogP contribution in [0.3, 0.4) is 0 Å². The molecule has 0 bridgehead atoms. The van der Waals surface area contributed by atoms with E-state index in [2.05, 4.69) is 0 Å². The molecule has 1 rings (SSSR count). The molecule has 4 heteroatoms. The Morgan fingerprint density at radius 1 is 1.47 bits per heavy atom. The van der Waals surface area contributed by atoms with Crippen molar-refractivity contribution in [1.29, 1.82) is 0 Å². The van der Waals surface area contributed by atoms with Gasteiger partial charge < -0.3 is 10.5 Å². The molecule has 1 aromatic rings. The van der Waals surface area contributed by atoms with Gasteiger partial charge in [0.2, 0.25) is 0 Å². The van der Waals surface area contributed by atoms with Gasteiger partial charge in [-0.05, 0) is 38.8 Å². The number of rotatable bonds is 5. The van der Waals surface area contributed by atoms with Crippen LogP contribution in [-0.4, -0.2) is 12.7 Å². The lowest BCUT2D eigenvalue weighted by Gasteiger charge is -2.25. The van der Waals surface area contributed by atoms with E-state index < -0.39 is 6.04 Å². The molecule has 0 aliphatic rings. The van der Waals surface area contributed by atoms with Gasteiger partial charge in [0.15, 0.2) is 0 Å². The van der Waals surface area contributed by atoms with Crippen LogP contribution in [0.4, 0.5) is 4.39 Å². The summed E-state index contributed by atoms with van der Waals surface area (Å²) >= 11 is 5.96. The van der Waals surface area contributed by atoms with Crippen LogP contribution in [0.1, 0.15) is 38.3 Å². The van der Waals surface area contributed by atoms with Crippen molar-refractivity contribution >= 4 is 11.6 Å². The predicted octanol–water partition coefficient (Wildman–Crippen LogP) is 3.68. The summed E-state index contributed by atoms with van der Waals surface area (Å²) in [6.45, 7) is 3.95. The minimum Gasteiger partial charge on any atom is -0.379 e. The molecule has 0 saturated heterocycles. The van der Waals surface area contributed by atoms with Crippen molar-refractivity contribution in [2.75, 3.05) is 7.11 Å². The van der Waals surface area contributed by atoms with Gasteiger partial charge in [-0.15, -0.1) is 0 Å². The Morgan fingerprint density at radius 3 is 2.65 bits per heavy atom. The van der Waals surface area contributed by atoms with Crippen LogP contribution in [0.2, 0.25) is 5.02 Å². The second-order valence-corrected chi connectivity index (χ2v) is 5.15. The third-order valence-corrected chi connectivity index (χ3v) is 3.31. The zero-order valence-electron chi connectivity index (χ0n) is 10.5. The molecule has 0 saturated carbocycles. The van der Waals surface area contributed by atoms with E-state index in [-0.39, 0.29) is 11.4 Å². The quantitative estimate of drug-likeness (QED) is 0.875. The molecular formula is C13H19ClFNO. The van der Waals surface area contributed by atoms with Crippen LogP contribution in [0.15, 0.2) is 18.2 Å². The zero-order valence-corrected chi connectivity index (χ0v) is 11.2. The molecule has 0 aliphatic carbocycles. The Bertz CT molecular complexity index is 361. The van der Waals surface area contributed by atoms with Gasteiger partial charge in [-0.3, -0.25) is 0 Å². The fourth-order valence-corrected chi connectivity index (χ4v) is 1.92. The van der Waals surface area contributed by atoms with Crippen molar-refractivity contribution in [2.45, 2.75) is 38.3 Å². The number of ether oxygens (including phenoxy) is 1. The number of hydrogen-bond acceptors (Lipinski definition) is 2. The van der Waals surface area contributed by atoms with Crippen molar-refractivity contribution in [2.24, 2.45) is 5.73 Å². The average Bonchev–Trinajstić information content (AvgIpc) is 2.26. The van der Waals surface area contributed by atoms with Crippen molar-refractivity contribution in [3.05, 3.63) is 34.6 Å². The average molecular weight is 260 g/mol. The maximum Gasteiger partial charge on any atom is 0.129 e. The summed E-state index contributed by atoms with van der Waals surface area (Å²) < 4.78 is 18.9. The summed E-state index contributed by atoms with van der Waals surface area (Å²) in [7, 11) is 1.65. The van der Waals surface area contributed by atoms with Gasteiger partial charge in [0.1, 0.15) is 5.82 Å². The Morgan fingerprint density at radius 2 is 2.12 bits per heavy atom. The summed E-state index contributed by atoms with van der Waals surface area (Å²) in [4.78, 5) is 0. The Labute approximate surface area is 107 Å². The van der Waals surface area contributed by atoms with Gasteiger partial charge in [0.25, 0.3) is 0 Å². The minimum atomic E-state index is -0.405. The molecule has 96 valence electrons. The Kier molecular flexibility index (Phi) is 4.92. The van der Waals surface area contributed by atoms with Gasteiger partial charge in [-0.25, -0.2) is 4.39 Å². The highest BCUT2D eigenvalue weighted by Crippen LogP contribution is 2.29. The second-order valence-electron chi connectivity index (χ2n) is 4.74. The molecule has 0 heterocycles. The molecule has 17 heavy (non-hydrogen) atoms. The van der Waals surface area contributed by atoms with Gasteiger partial charge in [-0.2, -0.15) is 0 Å². The van der Waals surface area contributed by atoms with E-state index in [1.165, 1.54) is 6.07 Å². The molecule has 1 atom stereocenters. The Balaban J connectivity index is 2.74. The first kappa shape index (κ1) is 14.4. The molecule has 2 nitrogen and oxygen atoms in total. The molecule has 0 spiro atoms. The highest BCUT2D eigenvalue weighted by atomic mass is 35.5. The smallest absolute Gasteiger partial charge is 0.129 e. The van der Waals surface area contributed by atoms with Crippen molar-refractivity contribution < 1.29 is 9.13 Å². The van der Waals surface area contributed by atoms with E-state index in [4.69, 9.17) is 22.1 Å². The van der Waals surface area contributed by atoms with E-state index in [0.29, 0.717) is 17.0 Å². The monoisotopic (exact) mass is 259 g/mol. The topological polar surface area (TPSA) is 35.2 Å². The third kappa shape index (κ3) is 3.95. The van der Waals surface area contributed by atoms with E-state index in [1.807, 2.05) is 13.8 Å². The van der Waals surface area contributed by atoms with Crippen LogP contribution in [-0.2, 0) is 4.74 Å². The molecule has 1 unspecified atom stereocenters. The van der Waals surface area contributed by atoms with Gasteiger partial charge >= 0.3 is 0 Å². The molecular weight excluding hydrogens is 241 g/mol. The van der Waals surface area contributed by atoms with Crippen LogP contribution < -0.4 is 5.73 Å². The van der Waals surface area contributed by atoms with Gasteiger partial charge in [0.05, 0.1) is 5.60 Å². The number of methoxy groups -OCH3 is 1. The molecule has 0 amide bonds. The van der Waals surface area contributed by atoms with Crippen molar-refractivity contribution in [3.63, 3.8) is 0 Å². The molecule has 0 radical (unpaired) electrons. The highest BCUT2D eigenvalue weighted by Gasteiger charge is 2.21. The molecule has 0 fully saturated rings. The highest BCUT2D eigenvalue weighted by molar-refractivity contribution is 6.31. The van der Waals surface area contributed by atoms with Crippen LogP contribution in [0.25, 0.3) is 0 Å². The number of hydrogen-bond donors (Lipinski definition) is 1. The first-order valence-electron chi connectivity index (χ1n) is 5.62. The number of halogens is 2. The summed E-state index contributed by atoms with van der Waals surface area (Å²) in [5, 5.41) is 0.382. The maximum atomic E-state index is 13.6. The normalized spacial score (nSPS) is 13.8. The minimum absolute atomic E-state index is 0.255. The van der Waals surface area contributed by atoms with E-state index in [0.717, 1.165) is 6.42 Å². The van der Waals surface area contributed by atoms with E-state index in [1.54, 1.807) is 19.2 Å². The lowest BCUT2D eigenvalue weighted by molar-refractivity contribution is 0.0124. The van der Waals surface area contributed by atoms with E-state index >= 15 is 0 Å². The second kappa shape index (κ2) is 5.80. The fraction of sp³-hybridized carbons (Fsp3) is 0.538. The van der Waals surface area contributed by atoms with Crippen molar-refractivity contribution in [3.8, 4) is 0 Å². The summed E-state index contributed by atoms with van der Waals surface area (Å²) in [5.74, 6) is -0.347. The van der Waals surface area contributed by atoms with Crippen molar-refractivity contribution in [1.82, 2.24) is 0 Å². The first-order chi connectivity index (χ1) is 7.87. The standard InChI is InChI=1S/C13H19ClFNO/c1-13(2,17-3)8-7-11(16)12-9(14)5-4-6-10(12)15/h4-6,11H,7-8,16H2,1-3H3.